The maximum Gasteiger partial charge on any atom is 0.218 e. The number of carbonyl (C=O) groups is 1. The van der Waals surface area contributed by atoms with Gasteiger partial charge in [-0.15, -0.1) is 0 Å². The maximum absolute atomic E-state index is 15.3. The first-order chi connectivity index (χ1) is 20.6. The van der Waals surface area contributed by atoms with Crippen molar-refractivity contribution < 1.29 is 9.18 Å². The molecule has 0 amide bonds. The second kappa shape index (κ2) is 8.14. The van der Waals surface area contributed by atoms with Crippen LogP contribution in [0.15, 0.2) is 121 Å². The molecule has 0 N–H and O–H groups in total. The third-order valence-corrected chi connectivity index (χ3v) is 9.52. The van der Waals surface area contributed by atoms with Crippen LogP contribution < -0.4 is 0 Å². The van der Waals surface area contributed by atoms with Crippen molar-refractivity contribution in [2.24, 2.45) is 0 Å². The Kier molecular flexibility index (Phi) is 4.54. The lowest BCUT2D eigenvalue weighted by molar-refractivity contribution is 0.550. The molecule has 2 aliphatic rings. The fourth-order valence-corrected chi connectivity index (χ4v) is 7.99. The van der Waals surface area contributed by atoms with E-state index in [1.54, 1.807) is 16.7 Å². The van der Waals surface area contributed by atoms with Gasteiger partial charge in [0.15, 0.2) is 0 Å². The Balaban J connectivity index is 1.50. The Morgan fingerprint density at radius 2 is 1.14 bits per heavy atom. The number of hydrogen-bond donors (Lipinski definition) is 0. The zero-order valence-corrected chi connectivity index (χ0v) is 22.9. The van der Waals surface area contributed by atoms with Crippen LogP contribution >= 0.6 is 0 Å². The highest BCUT2D eigenvalue weighted by Crippen LogP contribution is 2.64. The van der Waals surface area contributed by atoms with Gasteiger partial charge in [-0.2, -0.15) is 0 Å². The minimum absolute atomic E-state index is 0.318. The van der Waals surface area contributed by atoms with Crippen LogP contribution in [0.3, 0.4) is 0 Å². The fraction of sp³-hybridized carbons (Fsp3) is 0.0513. The van der Waals surface area contributed by atoms with Crippen molar-refractivity contribution in [3.05, 3.63) is 155 Å². The largest absolute Gasteiger partial charge is 0.281 e. The summed E-state index contributed by atoms with van der Waals surface area (Å²) in [5, 5.41) is 1.61. The smallest absolute Gasteiger partial charge is 0.218 e. The third-order valence-electron chi connectivity index (χ3n) is 9.52. The summed E-state index contributed by atoms with van der Waals surface area (Å²) in [6, 6.07) is 41.3. The number of fused-ring (bicyclic) bond motifs is 14. The molecule has 1 heterocycles. The zero-order chi connectivity index (χ0) is 28.2. The molecule has 1 spiro atoms. The third kappa shape index (κ3) is 2.66. The summed E-state index contributed by atoms with van der Waals surface area (Å²) < 4.78 is 17.1. The number of benzene rings is 6. The van der Waals surface area contributed by atoms with Gasteiger partial charge in [0.2, 0.25) is 6.41 Å². The predicted octanol–water partition coefficient (Wildman–Crippen LogP) is 9.29. The Labute approximate surface area is 242 Å². The SMILES string of the molecule is Cc1ccccc1-c1cc(F)cc2c3ccc4c(c3n(C=O)c12)-c1ccccc1C41c2ccccc2-c2ccccc21. The van der Waals surface area contributed by atoms with Crippen LogP contribution in [0.2, 0.25) is 0 Å². The molecule has 7 aromatic rings. The molecule has 42 heavy (non-hydrogen) atoms. The average molecular weight is 542 g/mol. The van der Waals surface area contributed by atoms with Crippen molar-refractivity contribution in [2.75, 3.05) is 0 Å². The second-order valence-corrected chi connectivity index (χ2v) is 11.4. The first kappa shape index (κ1) is 23.4. The van der Waals surface area contributed by atoms with E-state index in [4.69, 9.17) is 0 Å². The Hall–Kier alpha value is -5.28. The lowest BCUT2D eigenvalue weighted by Gasteiger charge is -2.30. The standard InChI is InChI=1S/C39H24FNO/c1-23-10-2-3-11-25(23)30-20-24(40)21-31-28-18-19-35-36(38(28)41(22-42)37(30)31)29-14-6-9-17-34(29)39(35)32-15-7-4-12-26(32)27-13-5-8-16-33(27)39/h2-22H,1H3. The van der Waals surface area contributed by atoms with Gasteiger partial charge >= 0.3 is 0 Å². The number of carbonyl (C=O) groups excluding carboxylic acids is 1. The molecule has 0 aliphatic heterocycles. The average Bonchev–Trinajstić information content (AvgIpc) is 3.62. The molecular weight excluding hydrogens is 517 g/mol. The quantitative estimate of drug-likeness (QED) is 0.200. The molecule has 6 aromatic carbocycles. The molecule has 0 saturated carbocycles. The number of hydrogen-bond acceptors (Lipinski definition) is 1. The van der Waals surface area contributed by atoms with Crippen molar-refractivity contribution >= 4 is 28.2 Å². The summed E-state index contributed by atoms with van der Waals surface area (Å²) in [7, 11) is 0. The molecule has 0 unspecified atom stereocenters. The van der Waals surface area contributed by atoms with E-state index in [1.165, 1.54) is 27.8 Å². The van der Waals surface area contributed by atoms with Crippen molar-refractivity contribution in [2.45, 2.75) is 12.3 Å². The van der Waals surface area contributed by atoms with Crippen molar-refractivity contribution in [1.82, 2.24) is 4.57 Å². The Bertz CT molecular complexity index is 2260. The van der Waals surface area contributed by atoms with Crippen LogP contribution in [0, 0.1) is 12.7 Å². The molecule has 0 saturated heterocycles. The Morgan fingerprint density at radius 3 is 1.79 bits per heavy atom. The van der Waals surface area contributed by atoms with E-state index in [-0.39, 0.29) is 5.82 Å². The molecule has 1 aromatic heterocycles. The van der Waals surface area contributed by atoms with Gasteiger partial charge in [0, 0.05) is 21.9 Å². The molecule has 0 atom stereocenters. The van der Waals surface area contributed by atoms with Crippen LogP contribution in [0.4, 0.5) is 4.39 Å². The van der Waals surface area contributed by atoms with E-state index in [0.717, 1.165) is 61.6 Å². The van der Waals surface area contributed by atoms with Gasteiger partial charge in [-0.1, -0.05) is 109 Å². The van der Waals surface area contributed by atoms with Gasteiger partial charge in [-0.3, -0.25) is 9.36 Å². The summed E-state index contributed by atoms with van der Waals surface area (Å²) >= 11 is 0. The van der Waals surface area contributed by atoms with Gasteiger partial charge in [0.1, 0.15) is 5.82 Å². The Morgan fingerprint density at radius 1 is 0.571 bits per heavy atom. The first-order valence-corrected chi connectivity index (χ1v) is 14.3. The minimum Gasteiger partial charge on any atom is -0.281 e. The highest BCUT2D eigenvalue weighted by molar-refractivity contribution is 6.20. The lowest BCUT2D eigenvalue weighted by atomic mass is 9.70. The van der Waals surface area contributed by atoms with Gasteiger partial charge in [-0.05, 0) is 69.1 Å². The van der Waals surface area contributed by atoms with E-state index in [9.17, 15) is 4.79 Å². The summed E-state index contributed by atoms with van der Waals surface area (Å²) in [6.45, 7) is 2.02. The molecule has 198 valence electrons. The fourth-order valence-electron chi connectivity index (χ4n) is 7.99. The predicted molar refractivity (Wildman–Crippen MR) is 168 cm³/mol. The number of aryl methyl sites for hydroxylation is 1. The second-order valence-electron chi connectivity index (χ2n) is 11.4. The molecule has 2 nitrogen and oxygen atoms in total. The van der Waals surface area contributed by atoms with Crippen molar-refractivity contribution in [1.29, 1.82) is 0 Å². The number of aromatic nitrogens is 1. The molecule has 0 bridgehead atoms. The molecule has 9 rings (SSSR count). The molecule has 0 fully saturated rings. The van der Waals surface area contributed by atoms with Crippen LogP contribution in [-0.4, -0.2) is 11.0 Å². The van der Waals surface area contributed by atoms with Crippen LogP contribution in [-0.2, 0) is 10.2 Å². The summed E-state index contributed by atoms with van der Waals surface area (Å²) in [5.41, 5.74) is 13.2. The van der Waals surface area contributed by atoms with Crippen LogP contribution in [0.5, 0.6) is 0 Å². The highest BCUT2D eigenvalue weighted by atomic mass is 19.1. The van der Waals surface area contributed by atoms with E-state index < -0.39 is 5.41 Å². The minimum atomic E-state index is -0.512. The number of halogens is 1. The van der Waals surface area contributed by atoms with E-state index in [0.29, 0.717) is 0 Å². The van der Waals surface area contributed by atoms with Crippen LogP contribution in [0.1, 0.15) is 27.8 Å². The highest BCUT2D eigenvalue weighted by Gasteiger charge is 2.52. The van der Waals surface area contributed by atoms with Gasteiger partial charge in [0.05, 0.1) is 16.4 Å². The van der Waals surface area contributed by atoms with E-state index in [1.807, 2.05) is 31.2 Å². The summed E-state index contributed by atoms with van der Waals surface area (Å²) in [6.07, 6.45) is 0.898. The zero-order valence-electron chi connectivity index (χ0n) is 22.9. The first-order valence-electron chi connectivity index (χ1n) is 14.3. The van der Waals surface area contributed by atoms with Crippen molar-refractivity contribution in [3.8, 4) is 33.4 Å². The molecule has 0 radical (unpaired) electrons. The van der Waals surface area contributed by atoms with E-state index >= 15 is 4.39 Å². The normalized spacial score (nSPS) is 13.8. The topological polar surface area (TPSA) is 22.0 Å². The molecule has 2 aliphatic carbocycles. The molecular formula is C39H24FNO. The molecule has 3 heteroatoms. The maximum atomic E-state index is 15.3. The van der Waals surface area contributed by atoms with Gasteiger partial charge < -0.3 is 0 Å². The summed E-state index contributed by atoms with van der Waals surface area (Å²) in [4.78, 5) is 13.1. The van der Waals surface area contributed by atoms with Gasteiger partial charge in [-0.25, -0.2) is 4.39 Å². The monoisotopic (exact) mass is 541 g/mol. The summed E-state index contributed by atoms with van der Waals surface area (Å²) in [5.74, 6) is -0.318. The lowest BCUT2D eigenvalue weighted by Crippen LogP contribution is -2.25. The number of nitrogens with zero attached hydrogens (tertiary/aromatic N) is 1. The van der Waals surface area contributed by atoms with E-state index in [2.05, 4.69) is 84.9 Å². The number of rotatable bonds is 2. The van der Waals surface area contributed by atoms with Crippen LogP contribution in [0.25, 0.3) is 55.2 Å². The van der Waals surface area contributed by atoms with Crippen molar-refractivity contribution in [3.63, 3.8) is 0 Å². The van der Waals surface area contributed by atoms with Gasteiger partial charge in [0.25, 0.3) is 0 Å².